The second-order valence-electron chi connectivity index (χ2n) is 8.10. The summed E-state index contributed by atoms with van der Waals surface area (Å²) in [5.74, 6) is 2.56. The predicted molar refractivity (Wildman–Crippen MR) is 127 cm³/mol. The topological polar surface area (TPSA) is 48.9 Å². The smallest absolute Gasteiger partial charge is 0.191 e. The molecule has 2 N–H and O–H groups in total. The fourth-order valence-electron chi connectivity index (χ4n) is 4.27. The minimum Gasteiger partial charge on any atom is -0.379 e. The van der Waals surface area contributed by atoms with E-state index in [-0.39, 0.29) is 24.0 Å². The van der Waals surface area contributed by atoms with Crippen molar-refractivity contribution in [1.82, 2.24) is 15.5 Å². The molecule has 3 rings (SSSR count). The van der Waals surface area contributed by atoms with E-state index in [2.05, 4.69) is 51.7 Å². The molecule has 2 aliphatic rings. The predicted octanol–water partition coefficient (Wildman–Crippen LogP) is 3.63. The number of nitrogens with zero attached hydrogens (tertiary/aromatic N) is 2. The van der Waals surface area contributed by atoms with Gasteiger partial charge in [-0.1, -0.05) is 44.0 Å². The molecule has 1 aromatic rings. The number of morpholine rings is 1. The van der Waals surface area contributed by atoms with Crippen molar-refractivity contribution in [1.29, 1.82) is 0 Å². The number of benzene rings is 1. The van der Waals surface area contributed by atoms with Crippen molar-refractivity contribution >= 4 is 29.9 Å². The molecule has 1 aliphatic carbocycles. The second-order valence-corrected chi connectivity index (χ2v) is 8.10. The Labute approximate surface area is 187 Å². The summed E-state index contributed by atoms with van der Waals surface area (Å²) >= 11 is 0. The van der Waals surface area contributed by atoms with E-state index in [1.807, 2.05) is 7.05 Å². The molecule has 0 radical (unpaired) electrons. The van der Waals surface area contributed by atoms with Crippen LogP contribution in [0.2, 0.25) is 0 Å². The lowest BCUT2D eigenvalue weighted by Crippen LogP contribution is -2.40. The van der Waals surface area contributed by atoms with Gasteiger partial charge in [0.1, 0.15) is 0 Å². The third-order valence-electron chi connectivity index (χ3n) is 5.89. The highest BCUT2D eigenvalue weighted by atomic mass is 127. The number of guanidine groups is 1. The largest absolute Gasteiger partial charge is 0.379 e. The molecule has 6 heteroatoms. The van der Waals surface area contributed by atoms with Gasteiger partial charge in [-0.05, 0) is 35.8 Å². The number of ether oxygens (including phenoxy) is 1. The Balaban J connectivity index is 0.00000280. The molecule has 0 bridgehead atoms. The summed E-state index contributed by atoms with van der Waals surface area (Å²) in [5.41, 5.74) is 2.74. The number of hydrogen-bond acceptors (Lipinski definition) is 3. The fraction of sp³-hybridized carbons (Fsp3) is 0.682. The third kappa shape index (κ3) is 7.52. The molecule has 0 spiro atoms. The molecule has 5 nitrogen and oxygen atoms in total. The molecule has 2 unspecified atom stereocenters. The summed E-state index contributed by atoms with van der Waals surface area (Å²) in [4.78, 5) is 6.89. The Morgan fingerprint density at radius 1 is 1.14 bits per heavy atom. The van der Waals surface area contributed by atoms with Crippen LogP contribution in [0.15, 0.2) is 29.3 Å². The molecule has 0 amide bonds. The minimum absolute atomic E-state index is 0. The van der Waals surface area contributed by atoms with Crippen molar-refractivity contribution in [3.63, 3.8) is 0 Å². The Morgan fingerprint density at radius 3 is 2.61 bits per heavy atom. The second kappa shape index (κ2) is 12.6. The Morgan fingerprint density at radius 2 is 1.89 bits per heavy atom. The Kier molecular flexibility index (Phi) is 10.6. The van der Waals surface area contributed by atoms with E-state index in [0.717, 1.165) is 63.7 Å². The average Bonchev–Trinajstić information content (AvgIpc) is 2.70. The maximum Gasteiger partial charge on any atom is 0.191 e. The van der Waals surface area contributed by atoms with Gasteiger partial charge >= 0.3 is 0 Å². The van der Waals surface area contributed by atoms with Gasteiger partial charge in [0.05, 0.1) is 13.2 Å². The zero-order chi connectivity index (χ0) is 18.9. The van der Waals surface area contributed by atoms with Crippen LogP contribution in [0.25, 0.3) is 0 Å². The van der Waals surface area contributed by atoms with Gasteiger partial charge in [-0.2, -0.15) is 0 Å². The first-order valence-corrected chi connectivity index (χ1v) is 10.6. The van der Waals surface area contributed by atoms with Gasteiger partial charge in [0.2, 0.25) is 0 Å². The van der Waals surface area contributed by atoms with Crippen LogP contribution in [0.5, 0.6) is 0 Å². The highest BCUT2D eigenvalue weighted by molar-refractivity contribution is 14.0. The third-order valence-corrected chi connectivity index (χ3v) is 5.89. The van der Waals surface area contributed by atoms with Crippen LogP contribution in [0, 0.1) is 11.8 Å². The number of halogens is 1. The van der Waals surface area contributed by atoms with E-state index in [9.17, 15) is 0 Å². The molecule has 1 aliphatic heterocycles. The van der Waals surface area contributed by atoms with Gasteiger partial charge in [0.25, 0.3) is 0 Å². The van der Waals surface area contributed by atoms with Gasteiger partial charge in [-0.25, -0.2) is 0 Å². The van der Waals surface area contributed by atoms with E-state index >= 15 is 0 Å². The van der Waals surface area contributed by atoms with E-state index in [1.165, 1.54) is 36.8 Å². The number of rotatable bonds is 6. The zero-order valence-corrected chi connectivity index (χ0v) is 19.8. The Hall–Kier alpha value is -0.860. The summed E-state index contributed by atoms with van der Waals surface area (Å²) in [7, 11) is 1.86. The van der Waals surface area contributed by atoms with Gasteiger partial charge in [0.15, 0.2) is 5.96 Å². The molecule has 1 aromatic carbocycles. The van der Waals surface area contributed by atoms with Crippen molar-refractivity contribution in [2.24, 2.45) is 16.8 Å². The molecule has 2 atom stereocenters. The van der Waals surface area contributed by atoms with Crippen LogP contribution in [0.4, 0.5) is 0 Å². The van der Waals surface area contributed by atoms with Crippen LogP contribution in [0.3, 0.4) is 0 Å². The highest BCUT2D eigenvalue weighted by Crippen LogP contribution is 2.27. The fourth-order valence-corrected chi connectivity index (χ4v) is 4.27. The molecule has 0 aromatic heterocycles. The lowest BCUT2D eigenvalue weighted by molar-refractivity contribution is 0.0341. The van der Waals surface area contributed by atoms with Crippen molar-refractivity contribution in [2.45, 2.75) is 45.7 Å². The highest BCUT2D eigenvalue weighted by Gasteiger charge is 2.19. The molecule has 2 fully saturated rings. The van der Waals surface area contributed by atoms with E-state index in [4.69, 9.17) is 4.74 Å². The van der Waals surface area contributed by atoms with Crippen molar-refractivity contribution < 1.29 is 4.74 Å². The summed E-state index contributed by atoms with van der Waals surface area (Å²) in [5, 5.41) is 7.05. The zero-order valence-electron chi connectivity index (χ0n) is 17.5. The first-order valence-electron chi connectivity index (χ1n) is 10.6. The standard InChI is InChI=1S/C22H36N4O.HI/c1-18-6-5-7-19(14-18)15-24-22(23-2)25-16-20-8-3-4-9-21(20)17-26-10-12-27-13-11-26;/h3-4,8-9,18-19H,5-7,10-17H2,1-2H3,(H2,23,24,25);1H. The number of hydrogen-bond donors (Lipinski definition) is 2. The maximum absolute atomic E-state index is 5.47. The van der Waals surface area contributed by atoms with E-state index in [1.54, 1.807) is 0 Å². The molecule has 1 saturated heterocycles. The monoisotopic (exact) mass is 500 g/mol. The van der Waals surface area contributed by atoms with Crippen LogP contribution < -0.4 is 10.6 Å². The van der Waals surface area contributed by atoms with Gasteiger partial charge in [-0.3, -0.25) is 9.89 Å². The lowest BCUT2D eigenvalue weighted by Gasteiger charge is -2.28. The average molecular weight is 500 g/mol. The normalized spacial score (nSPS) is 23.7. The first kappa shape index (κ1) is 23.4. The van der Waals surface area contributed by atoms with Crippen LogP contribution in [-0.4, -0.2) is 50.8 Å². The van der Waals surface area contributed by atoms with Crippen LogP contribution in [0.1, 0.15) is 43.7 Å². The van der Waals surface area contributed by atoms with Gasteiger partial charge in [0, 0.05) is 39.8 Å². The molecule has 1 saturated carbocycles. The van der Waals surface area contributed by atoms with Crippen LogP contribution in [-0.2, 0) is 17.8 Å². The molecule has 1 heterocycles. The molecule has 28 heavy (non-hydrogen) atoms. The first-order chi connectivity index (χ1) is 13.2. The molecular formula is C22H37IN4O. The van der Waals surface area contributed by atoms with Crippen LogP contribution >= 0.6 is 24.0 Å². The summed E-state index contributed by atoms with van der Waals surface area (Å²) in [6, 6.07) is 8.72. The van der Waals surface area contributed by atoms with E-state index in [0.29, 0.717) is 0 Å². The van der Waals surface area contributed by atoms with Gasteiger partial charge < -0.3 is 15.4 Å². The number of aliphatic imine (C=N–C) groups is 1. The summed E-state index contributed by atoms with van der Waals surface area (Å²) < 4.78 is 5.47. The summed E-state index contributed by atoms with van der Waals surface area (Å²) in [6.07, 6.45) is 5.45. The Bertz CT molecular complexity index is 604. The van der Waals surface area contributed by atoms with Crippen molar-refractivity contribution in [3.8, 4) is 0 Å². The lowest BCUT2D eigenvalue weighted by atomic mass is 9.82. The van der Waals surface area contributed by atoms with Crippen molar-refractivity contribution in [3.05, 3.63) is 35.4 Å². The maximum atomic E-state index is 5.47. The number of nitrogens with one attached hydrogen (secondary N) is 2. The van der Waals surface area contributed by atoms with E-state index < -0.39 is 0 Å². The summed E-state index contributed by atoms with van der Waals surface area (Å²) in [6.45, 7) is 8.93. The minimum atomic E-state index is 0. The SMILES string of the molecule is CN=C(NCc1ccccc1CN1CCOCC1)NCC1CCCC(C)C1.I. The van der Waals surface area contributed by atoms with Crippen molar-refractivity contribution in [2.75, 3.05) is 39.9 Å². The molecular weight excluding hydrogens is 463 g/mol. The molecule has 158 valence electrons. The van der Waals surface area contributed by atoms with Gasteiger partial charge in [-0.15, -0.1) is 24.0 Å². The quantitative estimate of drug-likeness (QED) is 0.356.